The van der Waals surface area contributed by atoms with Gasteiger partial charge in [-0.3, -0.25) is 9.80 Å². The molecule has 14 nitrogen and oxygen atoms in total. The van der Waals surface area contributed by atoms with Crippen molar-refractivity contribution in [3.8, 4) is 0 Å². The first-order chi connectivity index (χ1) is 22.7. The van der Waals surface area contributed by atoms with Gasteiger partial charge in [-0.05, 0) is 60.8 Å². The predicted octanol–water partition coefficient (Wildman–Crippen LogP) is 3.07. The molecule has 0 aromatic heterocycles. The number of isothiocyanates is 1. The first kappa shape index (κ1) is 36.6. The lowest BCUT2D eigenvalue weighted by Gasteiger charge is -2.29. The Labute approximate surface area is 287 Å². The number of nitrogens with one attached hydrogen (secondary N) is 1. The molecule has 48 heavy (non-hydrogen) atoms. The number of nitrogens with two attached hydrogens (primary N) is 1. The molecule has 0 spiro atoms. The van der Waals surface area contributed by atoms with Crippen LogP contribution in [0.1, 0.15) is 0 Å². The van der Waals surface area contributed by atoms with E-state index >= 15 is 0 Å². The summed E-state index contributed by atoms with van der Waals surface area (Å²) in [5, 5.41) is 5.14. The standard InChI is InChI=1S/C15H19FN4O3S.C15H16FN3O3S.H3N/c16-12-7-10(1-2-13(12)19-3-5-22-6-4-19)20-9-11(23-15(20)21)8-18-14(17)24;16-13-7-11(1-2-14(13)18-3-5-21-6-4-18)19-9-12(8-17-10-23)22-15(19)20;/h1-2,7,11H,3-6,8-9H2,(H3,17,18,24);1-2,7,12H,3-6,8-9H2;1H3/t11-;12-;/m00./s1. The Bertz CT molecular complexity index is 1510. The fraction of sp³-hybridized carbons (Fsp3) is 0.467. The number of ether oxygens (including phenoxy) is 4. The van der Waals surface area contributed by atoms with Crippen LogP contribution in [-0.2, 0) is 18.9 Å². The van der Waals surface area contributed by atoms with Gasteiger partial charge in [0.2, 0.25) is 0 Å². The van der Waals surface area contributed by atoms with Crippen LogP contribution in [0.25, 0.3) is 0 Å². The maximum atomic E-state index is 14.5. The van der Waals surface area contributed by atoms with Crippen LogP contribution in [0.2, 0.25) is 0 Å². The van der Waals surface area contributed by atoms with Gasteiger partial charge in [0, 0.05) is 26.2 Å². The normalized spacial score (nSPS) is 20.5. The number of hydrogen-bond acceptors (Lipinski definition) is 12. The molecule has 2 aromatic carbocycles. The predicted molar refractivity (Wildman–Crippen MR) is 184 cm³/mol. The number of hydrogen-bond donors (Lipinski definition) is 3. The molecule has 4 aliphatic rings. The highest BCUT2D eigenvalue weighted by atomic mass is 32.1. The summed E-state index contributed by atoms with van der Waals surface area (Å²) in [5.74, 6) is -0.732. The molecule has 0 radical (unpaired) electrons. The van der Waals surface area contributed by atoms with E-state index in [1.165, 1.54) is 21.9 Å². The monoisotopic (exact) mass is 708 g/mol. The number of rotatable bonds is 8. The van der Waals surface area contributed by atoms with E-state index in [1.807, 2.05) is 9.80 Å². The molecule has 18 heteroatoms. The zero-order valence-corrected chi connectivity index (χ0v) is 27.8. The maximum Gasteiger partial charge on any atom is 0.414 e. The molecule has 4 heterocycles. The lowest BCUT2D eigenvalue weighted by atomic mass is 10.2. The minimum Gasteiger partial charge on any atom is -0.442 e. The molecule has 0 bridgehead atoms. The summed E-state index contributed by atoms with van der Waals surface area (Å²) in [6, 6.07) is 9.53. The number of thiocarbonyl (C=S) groups is 2. The number of halogens is 2. The van der Waals surface area contributed by atoms with Crippen molar-refractivity contribution in [1.82, 2.24) is 11.5 Å². The van der Waals surface area contributed by atoms with E-state index in [1.54, 1.807) is 24.3 Å². The first-order valence-electron chi connectivity index (χ1n) is 15.0. The minimum absolute atomic E-state index is 0. The quantitative estimate of drug-likeness (QED) is 0.271. The number of amides is 2. The molecule has 6 N–H and O–H groups in total. The van der Waals surface area contributed by atoms with E-state index in [0.717, 1.165) is 0 Å². The number of aliphatic imine (C=N–C) groups is 1. The third-order valence-corrected chi connectivity index (χ3v) is 8.07. The molecular formula is C30H38F2N8O6S2. The Balaban J connectivity index is 0.000000212. The van der Waals surface area contributed by atoms with E-state index < -0.39 is 12.2 Å². The van der Waals surface area contributed by atoms with Gasteiger partial charge in [0.15, 0.2) is 5.11 Å². The maximum absolute atomic E-state index is 14.5. The SMILES string of the molecule is N.NC(=S)NC[C@H]1CN(c2ccc(N3CCOCC3)c(F)c2)C(=O)O1.O=C1O[C@@H](CN=C=S)CN1c1ccc(N2CCOCC2)c(F)c1. The molecule has 6 rings (SSSR count). The molecule has 0 saturated carbocycles. The number of anilines is 4. The van der Waals surface area contributed by atoms with E-state index in [0.29, 0.717) is 95.0 Å². The van der Waals surface area contributed by atoms with Crippen LogP contribution in [0.4, 0.5) is 41.1 Å². The van der Waals surface area contributed by atoms with Crippen molar-refractivity contribution in [3.63, 3.8) is 0 Å². The lowest BCUT2D eigenvalue weighted by molar-refractivity contribution is 0.122. The number of carbonyl (C=O) groups excluding carboxylic acids is 2. The fourth-order valence-electron chi connectivity index (χ4n) is 5.47. The number of cyclic esters (lactones) is 2. The smallest absolute Gasteiger partial charge is 0.414 e. The Morgan fingerprint density at radius 3 is 1.75 bits per heavy atom. The summed E-state index contributed by atoms with van der Waals surface area (Å²) in [6.45, 7) is 6.15. The van der Waals surface area contributed by atoms with Crippen molar-refractivity contribution in [2.75, 3.05) is 98.4 Å². The Kier molecular flexibility index (Phi) is 13.2. The summed E-state index contributed by atoms with van der Waals surface area (Å²) >= 11 is 9.22. The van der Waals surface area contributed by atoms with Crippen LogP contribution in [0.15, 0.2) is 41.4 Å². The van der Waals surface area contributed by atoms with Gasteiger partial charge in [-0.25, -0.2) is 23.4 Å². The van der Waals surface area contributed by atoms with Crippen molar-refractivity contribution in [2.45, 2.75) is 12.2 Å². The second kappa shape index (κ2) is 17.3. The van der Waals surface area contributed by atoms with Crippen LogP contribution in [0.5, 0.6) is 0 Å². The molecule has 0 aliphatic carbocycles. The van der Waals surface area contributed by atoms with E-state index in [2.05, 4.69) is 27.7 Å². The summed E-state index contributed by atoms with van der Waals surface area (Å²) < 4.78 is 49.8. The Hall–Kier alpha value is -4.19. The third kappa shape index (κ3) is 9.24. The van der Waals surface area contributed by atoms with E-state index in [-0.39, 0.29) is 41.7 Å². The van der Waals surface area contributed by atoms with Gasteiger partial charge in [-0.15, -0.1) is 0 Å². The Morgan fingerprint density at radius 2 is 1.31 bits per heavy atom. The van der Waals surface area contributed by atoms with Gasteiger partial charge in [0.25, 0.3) is 0 Å². The van der Waals surface area contributed by atoms with Gasteiger partial charge >= 0.3 is 12.2 Å². The Morgan fingerprint density at radius 1 is 0.854 bits per heavy atom. The molecule has 4 fully saturated rings. The van der Waals surface area contributed by atoms with Crippen LogP contribution < -0.4 is 36.8 Å². The topological polar surface area (TPSA) is 169 Å². The lowest BCUT2D eigenvalue weighted by Crippen LogP contribution is -2.37. The average Bonchev–Trinajstić information content (AvgIpc) is 3.65. The zero-order chi connectivity index (χ0) is 33.3. The minimum atomic E-state index is -0.511. The zero-order valence-electron chi connectivity index (χ0n) is 26.1. The largest absolute Gasteiger partial charge is 0.442 e. The van der Waals surface area contributed by atoms with Gasteiger partial charge in [0.1, 0.15) is 23.8 Å². The highest BCUT2D eigenvalue weighted by molar-refractivity contribution is 7.80. The number of nitrogens with zero attached hydrogens (tertiary/aromatic N) is 5. The van der Waals surface area contributed by atoms with Gasteiger partial charge < -0.3 is 45.9 Å². The molecule has 4 aliphatic heterocycles. The summed E-state index contributed by atoms with van der Waals surface area (Å²) in [5.41, 5.74) is 7.33. The summed E-state index contributed by atoms with van der Waals surface area (Å²) in [4.78, 5) is 34.3. The van der Waals surface area contributed by atoms with Gasteiger partial charge in [-0.1, -0.05) is 0 Å². The van der Waals surface area contributed by atoms with Crippen molar-refractivity contribution in [1.29, 1.82) is 0 Å². The molecule has 260 valence electrons. The second-order valence-corrected chi connectivity index (χ2v) is 11.5. The number of benzene rings is 2. The number of morpholine rings is 2. The molecule has 4 saturated heterocycles. The number of carbonyl (C=O) groups is 2. The van der Waals surface area contributed by atoms with Gasteiger partial charge in [0.05, 0.1) is 80.5 Å². The highest BCUT2D eigenvalue weighted by Crippen LogP contribution is 2.30. The summed E-state index contributed by atoms with van der Waals surface area (Å²) in [6.07, 6.45) is -1.79. The van der Waals surface area contributed by atoms with E-state index in [9.17, 15) is 18.4 Å². The van der Waals surface area contributed by atoms with Crippen molar-refractivity contribution in [2.24, 2.45) is 10.7 Å². The molecule has 2 atom stereocenters. The summed E-state index contributed by atoms with van der Waals surface area (Å²) in [7, 11) is 0. The van der Waals surface area contributed by atoms with Gasteiger partial charge in [-0.2, -0.15) is 0 Å². The van der Waals surface area contributed by atoms with E-state index in [4.69, 9.17) is 36.9 Å². The molecule has 0 unspecified atom stereocenters. The second-order valence-electron chi connectivity index (χ2n) is 10.9. The van der Waals surface area contributed by atoms with Crippen LogP contribution in [-0.4, -0.2) is 113 Å². The molecule has 2 aromatic rings. The third-order valence-electron chi connectivity index (χ3n) is 7.80. The highest BCUT2D eigenvalue weighted by Gasteiger charge is 2.34. The molecular weight excluding hydrogens is 671 g/mol. The first-order valence-corrected chi connectivity index (χ1v) is 15.8. The van der Waals surface area contributed by atoms with Crippen molar-refractivity contribution < 1.29 is 37.3 Å². The van der Waals surface area contributed by atoms with Crippen molar-refractivity contribution in [3.05, 3.63) is 48.0 Å². The van der Waals surface area contributed by atoms with Crippen LogP contribution in [0, 0.1) is 11.6 Å². The average molecular weight is 709 g/mol. The van der Waals surface area contributed by atoms with Crippen molar-refractivity contribution >= 4 is 69.6 Å². The van der Waals surface area contributed by atoms with Crippen LogP contribution in [0.3, 0.4) is 0 Å². The molecule has 2 amide bonds. The van der Waals surface area contributed by atoms with Crippen LogP contribution >= 0.6 is 24.4 Å². The fourth-order valence-corrected chi connectivity index (χ4v) is 5.63.